The lowest BCUT2D eigenvalue weighted by Gasteiger charge is -2.11. The fraction of sp³-hybridized carbons (Fsp3) is 0.0385. The molecule has 0 aliphatic rings. The first-order valence-corrected chi connectivity index (χ1v) is 10.8. The molecule has 0 radical (unpaired) electrons. The number of hydrazone groups is 1. The molecule has 164 valence electrons. The maximum absolute atomic E-state index is 12.7. The highest BCUT2D eigenvalue weighted by atomic mass is 35.5. The Morgan fingerprint density at radius 1 is 0.939 bits per heavy atom. The van der Waals surface area contributed by atoms with E-state index in [0.29, 0.717) is 21.9 Å². The summed E-state index contributed by atoms with van der Waals surface area (Å²) in [5, 5.41) is 6.46. The van der Waals surface area contributed by atoms with E-state index in [4.69, 9.17) is 27.9 Å². The predicted octanol–water partition coefficient (Wildman–Crippen LogP) is 6.44. The minimum absolute atomic E-state index is 0.216. The highest BCUT2D eigenvalue weighted by molar-refractivity contribution is 6.36. The van der Waals surface area contributed by atoms with Gasteiger partial charge in [0.15, 0.2) is 0 Å². The highest BCUT2D eigenvalue weighted by Gasteiger charge is 2.14. The first kappa shape index (κ1) is 22.5. The van der Waals surface area contributed by atoms with Crippen LogP contribution in [0.15, 0.2) is 84.0 Å². The first-order chi connectivity index (χ1) is 15.9. The normalized spacial score (nSPS) is 11.0. The molecule has 0 fully saturated rings. The number of fused-ring (bicyclic) bond motifs is 1. The van der Waals surface area contributed by atoms with Crippen LogP contribution in [0.25, 0.3) is 10.8 Å². The van der Waals surface area contributed by atoms with E-state index in [2.05, 4.69) is 10.5 Å². The third-order valence-electron chi connectivity index (χ3n) is 4.96. The molecule has 0 aliphatic carbocycles. The van der Waals surface area contributed by atoms with Gasteiger partial charge in [0.05, 0.1) is 22.4 Å². The summed E-state index contributed by atoms with van der Waals surface area (Å²) in [6.07, 6.45) is 1.45. The Kier molecular flexibility index (Phi) is 6.73. The number of rotatable bonds is 5. The fourth-order valence-electron chi connectivity index (χ4n) is 3.24. The summed E-state index contributed by atoms with van der Waals surface area (Å²) in [7, 11) is 0. The summed E-state index contributed by atoms with van der Waals surface area (Å²) >= 11 is 12.0. The van der Waals surface area contributed by atoms with Crippen molar-refractivity contribution in [2.75, 3.05) is 0 Å². The Labute approximate surface area is 200 Å². The third kappa shape index (κ3) is 5.22. The first-order valence-electron chi connectivity index (χ1n) is 10.0. The molecule has 33 heavy (non-hydrogen) atoms. The van der Waals surface area contributed by atoms with Gasteiger partial charge in [-0.1, -0.05) is 71.2 Å². The SMILES string of the molecule is Cc1ccc(C(=O)Oc2ccc3ccccc3c2/C=N\NC(=O)c2ccc(Cl)cc2Cl)cc1. The van der Waals surface area contributed by atoms with E-state index in [1.54, 1.807) is 24.3 Å². The quantitative estimate of drug-likeness (QED) is 0.156. The number of amides is 1. The second-order valence-corrected chi connectivity index (χ2v) is 8.12. The van der Waals surface area contributed by atoms with Crippen molar-refractivity contribution in [1.29, 1.82) is 0 Å². The lowest BCUT2D eigenvalue weighted by molar-refractivity contribution is 0.0734. The minimum Gasteiger partial charge on any atom is -0.422 e. The predicted molar refractivity (Wildman–Crippen MR) is 132 cm³/mol. The van der Waals surface area contributed by atoms with Crippen molar-refractivity contribution in [3.63, 3.8) is 0 Å². The van der Waals surface area contributed by atoms with Gasteiger partial charge in [-0.25, -0.2) is 10.2 Å². The van der Waals surface area contributed by atoms with Gasteiger partial charge in [0.2, 0.25) is 0 Å². The standard InChI is InChI=1S/C26H18Cl2N2O3/c1-16-6-8-18(9-7-16)26(32)33-24-13-10-17-4-2-3-5-20(17)22(24)15-29-30-25(31)21-12-11-19(27)14-23(21)28/h2-15H,1H3,(H,30,31)/b29-15-. The molecule has 0 unspecified atom stereocenters. The zero-order chi connectivity index (χ0) is 23.4. The number of ether oxygens (including phenoxy) is 1. The molecule has 4 aromatic rings. The number of nitrogens with zero attached hydrogens (tertiary/aromatic N) is 1. The van der Waals surface area contributed by atoms with E-state index in [9.17, 15) is 9.59 Å². The molecule has 4 aromatic carbocycles. The second kappa shape index (κ2) is 9.86. The lowest BCUT2D eigenvalue weighted by Crippen LogP contribution is -2.18. The molecule has 0 aromatic heterocycles. The van der Waals surface area contributed by atoms with Crippen LogP contribution in [0, 0.1) is 6.92 Å². The van der Waals surface area contributed by atoms with E-state index in [-0.39, 0.29) is 10.6 Å². The van der Waals surface area contributed by atoms with Crippen LogP contribution in [-0.2, 0) is 0 Å². The molecule has 0 saturated carbocycles. The highest BCUT2D eigenvalue weighted by Crippen LogP contribution is 2.27. The molecular formula is C26H18Cl2N2O3. The van der Waals surface area contributed by atoms with Gasteiger partial charge in [-0.3, -0.25) is 4.79 Å². The Morgan fingerprint density at radius 3 is 2.45 bits per heavy atom. The molecule has 0 saturated heterocycles. The van der Waals surface area contributed by atoms with Crippen molar-refractivity contribution in [2.45, 2.75) is 6.92 Å². The number of carbonyl (C=O) groups excluding carboxylic acids is 2. The molecule has 0 atom stereocenters. The average Bonchev–Trinajstić information content (AvgIpc) is 2.80. The topological polar surface area (TPSA) is 67.8 Å². The molecule has 0 aliphatic heterocycles. The number of aryl methyl sites for hydroxylation is 1. The van der Waals surface area contributed by atoms with Crippen LogP contribution in [0.5, 0.6) is 5.75 Å². The van der Waals surface area contributed by atoms with Crippen LogP contribution in [-0.4, -0.2) is 18.1 Å². The van der Waals surface area contributed by atoms with E-state index >= 15 is 0 Å². The number of hydrogen-bond acceptors (Lipinski definition) is 4. The van der Waals surface area contributed by atoms with Crippen molar-refractivity contribution in [3.05, 3.63) is 111 Å². The Hall–Kier alpha value is -3.67. The van der Waals surface area contributed by atoms with Crippen molar-refractivity contribution in [2.24, 2.45) is 5.10 Å². The molecule has 4 rings (SSSR count). The van der Waals surface area contributed by atoms with Gasteiger partial charge in [-0.2, -0.15) is 5.10 Å². The van der Waals surface area contributed by atoms with Gasteiger partial charge in [-0.05, 0) is 54.1 Å². The molecule has 0 spiro atoms. The molecule has 0 bridgehead atoms. The van der Waals surface area contributed by atoms with Gasteiger partial charge in [0, 0.05) is 10.6 Å². The maximum Gasteiger partial charge on any atom is 0.343 e. The van der Waals surface area contributed by atoms with Crippen LogP contribution in [0.3, 0.4) is 0 Å². The van der Waals surface area contributed by atoms with Crippen molar-refractivity contribution < 1.29 is 14.3 Å². The molecule has 5 nitrogen and oxygen atoms in total. The number of nitrogens with one attached hydrogen (secondary N) is 1. The molecular weight excluding hydrogens is 459 g/mol. The molecule has 7 heteroatoms. The monoisotopic (exact) mass is 476 g/mol. The average molecular weight is 477 g/mol. The molecule has 0 heterocycles. The van der Waals surface area contributed by atoms with Gasteiger partial charge < -0.3 is 4.74 Å². The number of hydrogen-bond donors (Lipinski definition) is 1. The smallest absolute Gasteiger partial charge is 0.343 e. The molecule has 1 N–H and O–H groups in total. The second-order valence-electron chi connectivity index (χ2n) is 7.28. The number of benzene rings is 4. The van der Waals surface area contributed by atoms with Crippen molar-refractivity contribution in [3.8, 4) is 5.75 Å². The van der Waals surface area contributed by atoms with Crippen LogP contribution >= 0.6 is 23.2 Å². The van der Waals surface area contributed by atoms with Crippen LogP contribution < -0.4 is 10.2 Å². The maximum atomic E-state index is 12.7. The van der Waals surface area contributed by atoms with Crippen molar-refractivity contribution >= 4 is 52.1 Å². The van der Waals surface area contributed by atoms with E-state index in [1.165, 1.54) is 18.3 Å². The van der Waals surface area contributed by atoms with Gasteiger partial charge in [0.1, 0.15) is 5.75 Å². The Balaban J connectivity index is 1.63. The third-order valence-corrected chi connectivity index (χ3v) is 5.50. The van der Waals surface area contributed by atoms with E-state index < -0.39 is 11.9 Å². The Morgan fingerprint density at radius 2 is 1.70 bits per heavy atom. The van der Waals surface area contributed by atoms with Crippen LogP contribution in [0.1, 0.15) is 31.8 Å². The number of halogens is 2. The lowest BCUT2D eigenvalue weighted by atomic mass is 10.0. The largest absolute Gasteiger partial charge is 0.422 e. The summed E-state index contributed by atoms with van der Waals surface area (Å²) in [5.41, 5.74) is 4.72. The van der Waals surface area contributed by atoms with Crippen LogP contribution in [0.4, 0.5) is 0 Å². The summed E-state index contributed by atoms with van der Waals surface area (Å²) in [4.78, 5) is 25.2. The number of esters is 1. The van der Waals surface area contributed by atoms with E-state index in [0.717, 1.165) is 16.3 Å². The number of carbonyl (C=O) groups is 2. The summed E-state index contributed by atoms with van der Waals surface area (Å²) < 4.78 is 5.68. The van der Waals surface area contributed by atoms with Gasteiger partial charge in [-0.15, -0.1) is 0 Å². The summed E-state index contributed by atoms with van der Waals surface area (Å²) in [6, 6.07) is 22.8. The summed E-state index contributed by atoms with van der Waals surface area (Å²) in [5.74, 6) is -0.662. The zero-order valence-corrected chi connectivity index (χ0v) is 19.0. The Bertz CT molecular complexity index is 1380. The van der Waals surface area contributed by atoms with Gasteiger partial charge >= 0.3 is 5.97 Å². The zero-order valence-electron chi connectivity index (χ0n) is 17.5. The van der Waals surface area contributed by atoms with Crippen LogP contribution in [0.2, 0.25) is 10.0 Å². The minimum atomic E-state index is -0.494. The molecule has 1 amide bonds. The fourth-order valence-corrected chi connectivity index (χ4v) is 3.73. The summed E-state index contributed by atoms with van der Waals surface area (Å²) in [6.45, 7) is 1.94. The van der Waals surface area contributed by atoms with Crippen molar-refractivity contribution in [1.82, 2.24) is 5.43 Å². The van der Waals surface area contributed by atoms with E-state index in [1.807, 2.05) is 49.4 Å². The van der Waals surface area contributed by atoms with Gasteiger partial charge in [0.25, 0.3) is 5.91 Å².